The van der Waals surface area contributed by atoms with Gasteiger partial charge in [-0.2, -0.15) is 0 Å². The van der Waals surface area contributed by atoms with Crippen molar-refractivity contribution >= 4 is 5.69 Å². The maximum atomic E-state index is 3.67. The summed E-state index contributed by atoms with van der Waals surface area (Å²) in [6, 6.07) is 8.81. The van der Waals surface area contributed by atoms with Gasteiger partial charge in [0.05, 0.1) is 0 Å². The molecule has 0 radical (unpaired) electrons. The van der Waals surface area contributed by atoms with Crippen LogP contribution in [-0.4, -0.2) is 18.0 Å². The Bertz CT molecular complexity index is 489. The van der Waals surface area contributed by atoms with E-state index in [0.29, 0.717) is 5.92 Å². The lowest BCUT2D eigenvalue weighted by atomic mass is 9.88. The molecule has 88 valence electrons. The number of fused-ring (bicyclic) bond motifs is 4. The molecule has 1 atom stereocenters. The van der Waals surface area contributed by atoms with Crippen LogP contribution >= 0.6 is 0 Å². The van der Waals surface area contributed by atoms with E-state index in [1.807, 2.05) is 0 Å². The van der Waals surface area contributed by atoms with Crippen molar-refractivity contribution in [1.29, 1.82) is 0 Å². The van der Waals surface area contributed by atoms with Crippen LogP contribution in [0.3, 0.4) is 0 Å². The lowest BCUT2D eigenvalue weighted by molar-refractivity contribution is 0.260. The van der Waals surface area contributed by atoms with Gasteiger partial charge in [0, 0.05) is 36.1 Å². The summed E-state index contributed by atoms with van der Waals surface area (Å²) in [6.07, 6.45) is 5.28. The van der Waals surface area contributed by atoms with Crippen molar-refractivity contribution in [3.63, 3.8) is 0 Å². The van der Waals surface area contributed by atoms with Gasteiger partial charge in [0.15, 0.2) is 0 Å². The Morgan fingerprint density at radius 3 is 3.06 bits per heavy atom. The Labute approximate surface area is 102 Å². The molecule has 0 bridgehead atoms. The predicted molar refractivity (Wildman–Crippen MR) is 69.9 cm³/mol. The molecule has 1 saturated heterocycles. The summed E-state index contributed by atoms with van der Waals surface area (Å²) in [6.45, 7) is 2.52. The van der Waals surface area contributed by atoms with Gasteiger partial charge in [-0.15, -0.1) is 0 Å². The molecule has 1 aromatic rings. The van der Waals surface area contributed by atoms with Crippen LogP contribution in [0.15, 0.2) is 35.7 Å². The maximum Gasteiger partial charge on any atom is 0.0423 e. The second-order valence-corrected chi connectivity index (χ2v) is 5.36. The van der Waals surface area contributed by atoms with Crippen molar-refractivity contribution in [2.45, 2.75) is 31.6 Å². The molecule has 3 aliphatic heterocycles. The molecule has 0 amide bonds. The van der Waals surface area contributed by atoms with E-state index in [4.69, 9.17) is 0 Å². The standard InChI is InChI=1S/C15H18N2/c1-2-6-13-11(5-1)12-8-10-17-9-4-3-7-14(17)15(12)16-13/h1-2,5-6,12,16H,3-4,7-10H2. The Morgan fingerprint density at radius 2 is 2.06 bits per heavy atom. The van der Waals surface area contributed by atoms with Crippen molar-refractivity contribution in [3.8, 4) is 0 Å². The number of nitrogens with one attached hydrogen (secondary N) is 1. The fourth-order valence-electron chi connectivity index (χ4n) is 3.60. The number of benzene rings is 1. The summed E-state index contributed by atoms with van der Waals surface area (Å²) < 4.78 is 0. The van der Waals surface area contributed by atoms with Gasteiger partial charge in [-0.25, -0.2) is 0 Å². The van der Waals surface area contributed by atoms with E-state index in [2.05, 4.69) is 34.5 Å². The van der Waals surface area contributed by atoms with Crippen LogP contribution in [0.1, 0.15) is 37.2 Å². The van der Waals surface area contributed by atoms with E-state index in [9.17, 15) is 0 Å². The smallest absolute Gasteiger partial charge is 0.0423 e. The van der Waals surface area contributed by atoms with Crippen molar-refractivity contribution in [3.05, 3.63) is 41.2 Å². The minimum absolute atomic E-state index is 0.649. The molecule has 0 aliphatic carbocycles. The Balaban J connectivity index is 1.81. The average molecular weight is 226 g/mol. The van der Waals surface area contributed by atoms with Gasteiger partial charge in [0.2, 0.25) is 0 Å². The maximum absolute atomic E-state index is 3.67. The van der Waals surface area contributed by atoms with E-state index < -0.39 is 0 Å². The number of hydrogen-bond donors (Lipinski definition) is 1. The first-order valence-corrected chi connectivity index (χ1v) is 6.77. The molecule has 1 aromatic carbocycles. The molecule has 3 aliphatic rings. The normalized spacial score (nSPS) is 26.1. The fraction of sp³-hybridized carbons (Fsp3) is 0.467. The minimum atomic E-state index is 0.649. The van der Waals surface area contributed by atoms with E-state index in [0.717, 1.165) is 0 Å². The molecule has 1 N–H and O–H groups in total. The second-order valence-electron chi connectivity index (χ2n) is 5.36. The topological polar surface area (TPSA) is 15.3 Å². The largest absolute Gasteiger partial charge is 0.373 e. The molecule has 2 nitrogen and oxygen atoms in total. The van der Waals surface area contributed by atoms with Gasteiger partial charge in [-0.1, -0.05) is 18.2 Å². The number of piperidine rings is 1. The van der Waals surface area contributed by atoms with Crippen LogP contribution in [-0.2, 0) is 0 Å². The molecule has 0 saturated carbocycles. The summed E-state index contributed by atoms with van der Waals surface area (Å²) >= 11 is 0. The number of para-hydroxylation sites is 1. The van der Waals surface area contributed by atoms with Crippen molar-refractivity contribution in [1.82, 2.24) is 4.90 Å². The zero-order chi connectivity index (χ0) is 11.2. The molecule has 0 spiro atoms. The highest BCUT2D eigenvalue weighted by Gasteiger charge is 2.35. The molecular formula is C15H18N2. The lowest BCUT2D eigenvalue weighted by Crippen LogP contribution is -2.35. The third-order valence-corrected chi connectivity index (χ3v) is 4.43. The Hall–Kier alpha value is -1.44. The van der Waals surface area contributed by atoms with E-state index in [-0.39, 0.29) is 0 Å². The number of hydrogen-bond acceptors (Lipinski definition) is 2. The zero-order valence-corrected chi connectivity index (χ0v) is 10.1. The molecule has 3 heterocycles. The lowest BCUT2D eigenvalue weighted by Gasteiger charge is -2.38. The zero-order valence-electron chi connectivity index (χ0n) is 10.1. The Morgan fingerprint density at radius 1 is 1.12 bits per heavy atom. The number of nitrogens with zero attached hydrogens (tertiary/aromatic N) is 1. The van der Waals surface area contributed by atoms with Crippen LogP contribution in [0.5, 0.6) is 0 Å². The highest BCUT2D eigenvalue weighted by Crippen LogP contribution is 2.46. The molecule has 2 heteroatoms. The number of allylic oxidation sites excluding steroid dienone is 2. The van der Waals surface area contributed by atoms with Gasteiger partial charge in [0.25, 0.3) is 0 Å². The van der Waals surface area contributed by atoms with Gasteiger partial charge >= 0.3 is 0 Å². The van der Waals surface area contributed by atoms with Crippen molar-refractivity contribution in [2.24, 2.45) is 0 Å². The molecule has 4 rings (SSSR count). The molecule has 17 heavy (non-hydrogen) atoms. The fourth-order valence-corrected chi connectivity index (χ4v) is 3.60. The monoisotopic (exact) mass is 226 g/mol. The van der Waals surface area contributed by atoms with Gasteiger partial charge in [0.1, 0.15) is 0 Å². The van der Waals surface area contributed by atoms with E-state index >= 15 is 0 Å². The first-order chi connectivity index (χ1) is 8.43. The average Bonchev–Trinajstić information content (AvgIpc) is 2.78. The van der Waals surface area contributed by atoms with Gasteiger partial charge in [-0.3, -0.25) is 0 Å². The van der Waals surface area contributed by atoms with E-state index in [1.165, 1.54) is 55.7 Å². The summed E-state index contributed by atoms with van der Waals surface area (Å²) in [5.41, 5.74) is 5.97. The third-order valence-electron chi connectivity index (χ3n) is 4.43. The van der Waals surface area contributed by atoms with Gasteiger partial charge in [-0.05, 0) is 37.3 Å². The van der Waals surface area contributed by atoms with Gasteiger partial charge < -0.3 is 10.2 Å². The van der Waals surface area contributed by atoms with Crippen LogP contribution in [0.25, 0.3) is 0 Å². The summed E-state index contributed by atoms with van der Waals surface area (Å²) in [7, 11) is 0. The molecule has 1 unspecified atom stereocenters. The van der Waals surface area contributed by atoms with E-state index in [1.54, 1.807) is 5.70 Å². The number of rotatable bonds is 0. The summed E-state index contributed by atoms with van der Waals surface area (Å²) in [5, 5.41) is 3.67. The van der Waals surface area contributed by atoms with Crippen LogP contribution in [0.4, 0.5) is 5.69 Å². The SMILES string of the molecule is c1ccc2c(c1)NC1=C3CCCCN3CCC12. The minimum Gasteiger partial charge on any atom is -0.373 e. The quantitative estimate of drug-likeness (QED) is 0.730. The summed E-state index contributed by atoms with van der Waals surface area (Å²) in [5.74, 6) is 0.649. The predicted octanol–water partition coefficient (Wildman–Crippen LogP) is 3.30. The second kappa shape index (κ2) is 3.52. The van der Waals surface area contributed by atoms with Crippen molar-refractivity contribution < 1.29 is 0 Å². The molecule has 0 aromatic heterocycles. The van der Waals surface area contributed by atoms with Crippen LogP contribution < -0.4 is 5.32 Å². The highest BCUT2D eigenvalue weighted by atomic mass is 15.2. The Kier molecular flexibility index (Phi) is 1.99. The van der Waals surface area contributed by atoms with Crippen LogP contribution in [0.2, 0.25) is 0 Å². The first kappa shape index (κ1) is 9.58. The number of anilines is 1. The molecule has 1 fully saturated rings. The van der Waals surface area contributed by atoms with Crippen LogP contribution in [0, 0.1) is 0 Å². The third kappa shape index (κ3) is 1.33. The highest BCUT2D eigenvalue weighted by molar-refractivity contribution is 5.66. The molecular weight excluding hydrogens is 208 g/mol. The van der Waals surface area contributed by atoms with Crippen molar-refractivity contribution in [2.75, 3.05) is 18.4 Å². The summed E-state index contributed by atoms with van der Waals surface area (Å²) in [4.78, 5) is 2.61. The first-order valence-electron chi connectivity index (χ1n) is 6.77.